The molecule has 1 unspecified atom stereocenters. The zero-order valence-electron chi connectivity index (χ0n) is 12.6. The van der Waals surface area contributed by atoms with Gasteiger partial charge in [0.05, 0.1) is 5.69 Å². The zero-order valence-corrected chi connectivity index (χ0v) is 12.6. The second kappa shape index (κ2) is 6.05. The third kappa shape index (κ3) is 2.67. The van der Waals surface area contributed by atoms with Gasteiger partial charge in [0.25, 0.3) is 0 Å². The second-order valence-electron chi connectivity index (χ2n) is 5.05. The molecule has 0 saturated heterocycles. The van der Waals surface area contributed by atoms with E-state index in [1.54, 1.807) is 11.2 Å². The standard InChI is InChI=1S/C15H22N4O/c1-5-11-8-7-9-12(6-2)13(11)19-10-16-14(18(3)4)17-15(19)20/h7-10,14H,5-6H2,1-4H3,(H,17,20). The summed E-state index contributed by atoms with van der Waals surface area (Å²) in [5, 5.41) is 2.88. The SMILES string of the molecule is CCc1cccc(CC)c1N1C=NC(N(C)C)NC1=O. The highest BCUT2D eigenvalue weighted by Crippen LogP contribution is 2.27. The molecule has 0 aromatic heterocycles. The van der Waals surface area contributed by atoms with Crippen molar-refractivity contribution >= 4 is 18.1 Å². The van der Waals surface area contributed by atoms with Crippen LogP contribution >= 0.6 is 0 Å². The van der Waals surface area contributed by atoms with E-state index in [9.17, 15) is 4.79 Å². The highest BCUT2D eigenvalue weighted by molar-refractivity contribution is 6.10. The second-order valence-corrected chi connectivity index (χ2v) is 5.05. The summed E-state index contributed by atoms with van der Waals surface area (Å²) in [6.45, 7) is 4.19. The van der Waals surface area contributed by atoms with E-state index >= 15 is 0 Å². The fraction of sp³-hybridized carbons (Fsp3) is 0.467. The largest absolute Gasteiger partial charge is 0.329 e. The van der Waals surface area contributed by atoms with Gasteiger partial charge in [0, 0.05) is 0 Å². The van der Waals surface area contributed by atoms with E-state index in [1.807, 2.05) is 25.1 Å². The van der Waals surface area contributed by atoms with E-state index in [-0.39, 0.29) is 12.3 Å². The Morgan fingerprint density at radius 2 is 1.85 bits per heavy atom. The molecule has 0 spiro atoms. The molecular weight excluding hydrogens is 252 g/mol. The number of carbonyl (C=O) groups is 1. The van der Waals surface area contributed by atoms with Crippen LogP contribution in [0.5, 0.6) is 0 Å². The van der Waals surface area contributed by atoms with Crippen LogP contribution in [0.2, 0.25) is 0 Å². The Kier molecular flexibility index (Phi) is 4.39. The monoisotopic (exact) mass is 274 g/mol. The highest BCUT2D eigenvalue weighted by atomic mass is 16.2. The molecule has 1 N–H and O–H groups in total. The third-order valence-electron chi connectivity index (χ3n) is 3.49. The van der Waals surface area contributed by atoms with E-state index in [0.29, 0.717) is 0 Å². The Bertz CT molecular complexity index is 502. The van der Waals surface area contributed by atoms with Gasteiger partial charge in [-0.1, -0.05) is 32.0 Å². The van der Waals surface area contributed by atoms with Gasteiger partial charge < -0.3 is 5.32 Å². The molecule has 0 fully saturated rings. The van der Waals surface area contributed by atoms with Crippen LogP contribution in [0.4, 0.5) is 10.5 Å². The first kappa shape index (κ1) is 14.5. The molecule has 1 atom stereocenters. The molecule has 1 aromatic carbocycles. The van der Waals surface area contributed by atoms with Gasteiger partial charge in [0.2, 0.25) is 0 Å². The molecule has 1 aliphatic rings. The van der Waals surface area contributed by atoms with Crippen LogP contribution in [0.3, 0.4) is 0 Å². The fourth-order valence-corrected chi connectivity index (χ4v) is 2.35. The lowest BCUT2D eigenvalue weighted by Gasteiger charge is -2.31. The molecule has 0 radical (unpaired) electrons. The van der Waals surface area contributed by atoms with Crippen molar-refractivity contribution in [2.24, 2.45) is 4.99 Å². The molecule has 0 bridgehead atoms. The highest BCUT2D eigenvalue weighted by Gasteiger charge is 2.26. The molecule has 0 aliphatic carbocycles. The van der Waals surface area contributed by atoms with Gasteiger partial charge in [-0.3, -0.25) is 9.80 Å². The Balaban J connectivity index is 2.42. The quantitative estimate of drug-likeness (QED) is 0.915. The molecule has 2 rings (SSSR count). The smallest absolute Gasteiger partial charge is 0.303 e. The maximum Gasteiger partial charge on any atom is 0.329 e. The van der Waals surface area contributed by atoms with Crippen molar-refractivity contribution in [2.45, 2.75) is 33.0 Å². The van der Waals surface area contributed by atoms with Gasteiger partial charge in [-0.25, -0.2) is 9.79 Å². The predicted molar refractivity (Wildman–Crippen MR) is 82.2 cm³/mol. The Morgan fingerprint density at radius 3 is 2.30 bits per heavy atom. The number of benzene rings is 1. The number of aliphatic imine (C=N–C) groups is 1. The van der Waals surface area contributed by atoms with Gasteiger partial charge in [0.1, 0.15) is 6.34 Å². The lowest BCUT2D eigenvalue weighted by atomic mass is 10.0. The third-order valence-corrected chi connectivity index (χ3v) is 3.49. The first-order valence-electron chi connectivity index (χ1n) is 6.98. The van der Waals surface area contributed by atoms with E-state index in [4.69, 9.17) is 0 Å². The molecule has 5 heteroatoms. The molecule has 5 nitrogen and oxygen atoms in total. The number of anilines is 1. The van der Waals surface area contributed by atoms with E-state index in [1.165, 1.54) is 0 Å². The number of nitrogens with zero attached hydrogens (tertiary/aromatic N) is 3. The van der Waals surface area contributed by atoms with Crippen molar-refractivity contribution in [1.82, 2.24) is 10.2 Å². The molecule has 1 heterocycles. The summed E-state index contributed by atoms with van der Waals surface area (Å²) in [6.07, 6.45) is 3.12. The minimum atomic E-state index is -0.294. The van der Waals surface area contributed by atoms with Gasteiger partial charge in [-0.15, -0.1) is 0 Å². The summed E-state index contributed by atoms with van der Waals surface area (Å²) < 4.78 is 0. The van der Waals surface area contributed by atoms with Gasteiger partial charge in [-0.05, 0) is 38.1 Å². The Morgan fingerprint density at radius 1 is 1.25 bits per heavy atom. The number of aryl methyl sites for hydroxylation is 2. The number of para-hydroxylation sites is 1. The number of hydrogen-bond donors (Lipinski definition) is 1. The average Bonchev–Trinajstić information content (AvgIpc) is 2.46. The molecule has 20 heavy (non-hydrogen) atoms. The van der Waals surface area contributed by atoms with Crippen LogP contribution in [0, 0.1) is 0 Å². The summed E-state index contributed by atoms with van der Waals surface area (Å²) >= 11 is 0. The molecule has 108 valence electrons. The molecular formula is C15H22N4O. The van der Waals surface area contributed by atoms with Crippen LogP contribution in [0.1, 0.15) is 25.0 Å². The summed E-state index contributed by atoms with van der Waals surface area (Å²) in [5.41, 5.74) is 3.29. The molecule has 0 saturated carbocycles. The van der Waals surface area contributed by atoms with Crippen molar-refractivity contribution in [3.8, 4) is 0 Å². The van der Waals surface area contributed by atoms with E-state index < -0.39 is 0 Å². The van der Waals surface area contributed by atoms with Crippen molar-refractivity contribution in [2.75, 3.05) is 19.0 Å². The van der Waals surface area contributed by atoms with Crippen LogP contribution in [-0.4, -0.2) is 37.7 Å². The van der Waals surface area contributed by atoms with Crippen molar-refractivity contribution < 1.29 is 4.79 Å². The number of urea groups is 1. The summed E-state index contributed by atoms with van der Waals surface area (Å²) in [7, 11) is 3.77. The number of rotatable bonds is 4. The number of hydrogen-bond acceptors (Lipinski definition) is 3. The number of amides is 2. The van der Waals surface area contributed by atoms with E-state index in [0.717, 1.165) is 29.7 Å². The van der Waals surface area contributed by atoms with Crippen LogP contribution in [-0.2, 0) is 12.8 Å². The van der Waals surface area contributed by atoms with Gasteiger partial charge in [-0.2, -0.15) is 0 Å². The first-order valence-corrected chi connectivity index (χ1v) is 6.98. The van der Waals surface area contributed by atoms with Crippen molar-refractivity contribution in [3.05, 3.63) is 29.3 Å². The first-order chi connectivity index (χ1) is 9.58. The number of nitrogens with one attached hydrogen (secondary N) is 1. The average molecular weight is 274 g/mol. The summed E-state index contributed by atoms with van der Waals surface area (Å²) in [5.74, 6) is 0. The van der Waals surface area contributed by atoms with Crippen LogP contribution in [0.25, 0.3) is 0 Å². The maximum atomic E-state index is 12.3. The van der Waals surface area contributed by atoms with E-state index in [2.05, 4.69) is 36.3 Å². The summed E-state index contributed by atoms with van der Waals surface area (Å²) in [6, 6.07) is 6.04. The van der Waals surface area contributed by atoms with Gasteiger partial charge in [0.15, 0.2) is 6.29 Å². The van der Waals surface area contributed by atoms with Crippen molar-refractivity contribution in [3.63, 3.8) is 0 Å². The van der Waals surface area contributed by atoms with Crippen LogP contribution < -0.4 is 10.2 Å². The van der Waals surface area contributed by atoms with Gasteiger partial charge >= 0.3 is 6.03 Å². The minimum absolute atomic E-state index is 0.130. The zero-order chi connectivity index (χ0) is 14.7. The molecule has 1 aliphatic heterocycles. The Labute approximate surface area is 120 Å². The van der Waals surface area contributed by atoms with Crippen molar-refractivity contribution in [1.29, 1.82) is 0 Å². The lowest BCUT2D eigenvalue weighted by molar-refractivity contribution is 0.217. The predicted octanol–water partition coefficient (Wildman–Crippen LogP) is 2.21. The normalized spacial score (nSPS) is 18.6. The molecule has 1 aromatic rings. The minimum Gasteiger partial charge on any atom is -0.303 e. The topological polar surface area (TPSA) is 47.9 Å². The summed E-state index contributed by atoms with van der Waals surface area (Å²) in [4.78, 5) is 20.2. The number of carbonyl (C=O) groups excluding carboxylic acids is 1. The Hall–Kier alpha value is -1.88. The molecule has 2 amide bonds. The maximum absolute atomic E-state index is 12.3. The van der Waals surface area contributed by atoms with Crippen LogP contribution in [0.15, 0.2) is 23.2 Å². The fourth-order valence-electron chi connectivity index (χ4n) is 2.35. The lowest BCUT2D eigenvalue weighted by Crippen LogP contribution is -2.53.